The maximum Gasteiger partial charge on any atom is 0.0726 e. The van der Waals surface area contributed by atoms with Crippen LogP contribution in [-0.4, -0.2) is 32.3 Å². The van der Waals surface area contributed by atoms with Crippen LogP contribution in [0.15, 0.2) is 18.2 Å². The third kappa shape index (κ3) is 3.16. The van der Waals surface area contributed by atoms with Crippen LogP contribution in [0.1, 0.15) is 19.4 Å². The monoisotopic (exact) mass is 268 g/mol. The second-order valence-electron chi connectivity index (χ2n) is 4.97. The SMILES string of the molecule is CNCc1ccc(Cl)cc1N1C[C@@H](C)O[C@@H](C)C1. The van der Waals surface area contributed by atoms with Crippen LogP contribution in [0.2, 0.25) is 5.02 Å². The van der Waals surface area contributed by atoms with E-state index in [2.05, 4.69) is 36.2 Å². The van der Waals surface area contributed by atoms with E-state index < -0.39 is 0 Å². The summed E-state index contributed by atoms with van der Waals surface area (Å²) in [6, 6.07) is 6.10. The number of nitrogens with zero attached hydrogens (tertiary/aromatic N) is 1. The Kier molecular flexibility index (Phi) is 4.49. The largest absolute Gasteiger partial charge is 0.372 e. The predicted octanol–water partition coefficient (Wildman–Crippen LogP) is 2.67. The molecule has 0 amide bonds. The molecule has 1 saturated heterocycles. The molecule has 1 aliphatic rings. The molecule has 1 aliphatic heterocycles. The molecule has 1 fully saturated rings. The maximum absolute atomic E-state index is 6.13. The van der Waals surface area contributed by atoms with Gasteiger partial charge in [0.1, 0.15) is 0 Å². The molecule has 2 rings (SSSR count). The molecule has 1 N–H and O–H groups in total. The van der Waals surface area contributed by atoms with Gasteiger partial charge in [0, 0.05) is 30.3 Å². The molecule has 18 heavy (non-hydrogen) atoms. The number of nitrogens with one attached hydrogen (secondary N) is 1. The summed E-state index contributed by atoms with van der Waals surface area (Å²) in [5.41, 5.74) is 2.50. The Balaban J connectivity index is 2.27. The van der Waals surface area contributed by atoms with E-state index in [9.17, 15) is 0 Å². The van der Waals surface area contributed by atoms with Gasteiger partial charge in [-0.05, 0) is 38.6 Å². The molecular formula is C14H21ClN2O. The predicted molar refractivity (Wildman–Crippen MR) is 76.4 cm³/mol. The minimum Gasteiger partial charge on any atom is -0.372 e. The number of ether oxygens (including phenoxy) is 1. The summed E-state index contributed by atoms with van der Waals surface area (Å²) >= 11 is 6.13. The zero-order valence-corrected chi connectivity index (χ0v) is 12.0. The Morgan fingerprint density at radius 1 is 1.33 bits per heavy atom. The Bertz CT molecular complexity index is 401. The first-order valence-electron chi connectivity index (χ1n) is 6.43. The minimum absolute atomic E-state index is 0.259. The summed E-state index contributed by atoms with van der Waals surface area (Å²) in [5, 5.41) is 3.99. The number of halogens is 1. The highest BCUT2D eigenvalue weighted by Crippen LogP contribution is 2.27. The Hall–Kier alpha value is -0.770. The van der Waals surface area contributed by atoms with Crippen LogP contribution in [-0.2, 0) is 11.3 Å². The van der Waals surface area contributed by atoms with Crippen molar-refractivity contribution in [3.63, 3.8) is 0 Å². The third-order valence-electron chi connectivity index (χ3n) is 3.17. The molecule has 1 heterocycles. The number of hydrogen-bond donors (Lipinski definition) is 1. The second-order valence-corrected chi connectivity index (χ2v) is 5.40. The lowest BCUT2D eigenvalue weighted by Gasteiger charge is -2.38. The van der Waals surface area contributed by atoms with Gasteiger partial charge in [-0.3, -0.25) is 0 Å². The summed E-state index contributed by atoms with van der Waals surface area (Å²) in [6.45, 7) is 6.92. The summed E-state index contributed by atoms with van der Waals surface area (Å²) in [6.07, 6.45) is 0.519. The Morgan fingerprint density at radius 3 is 2.61 bits per heavy atom. The summed E-state index contributed by atoms with van der Waals surface area (Å²) in [5.74, 6) is 0. The first-order valence-corrected chi connectivity index (χ1v) is 6.81. The zero-order valence-electron chi connectivity index (χ0n) is 11.2. The van der Waals surface area contributed by atoms with E-state index in [1.54, 1.807) is 0 Å². The van der Waals surface area contributed by atoms with Crippen LogP contribution in [0.4, 0.5) is 5.69 Å². The van der Waals surface area contributed by atoms with Crippen LogP contribution in [0.3, 0.4) is 0 Å². The average Bonchev–Trinajstić information content (AvgIpc) is 2.30. The van der Waals surface area contributed by atoms with Crippen LogP contribution in [0.5, 0.6) is 0 Å². The van der Waals surface area contributed by atoms with Gasteiger partial charge in [0.2, 0.25) is 0 Å². The molecule has 4 heteroatoms. The van der Waals surface area contributed by atoms with E-state index in [-0.39, 0.29) is 12.2 Å². The molecule has 0 aromatic heterocycles. The number of anilines is 1. The van der Waals surface area contributed by atoms with E-state index >= 15 is 0 Å². The summed E-state index contributed by atoms with van der Waals surface area (Å²) in [4.78, 5) is 2.37. The highest BCUT2D eigenvalue weighted by Gasteiger charge is 2.23. The summed E-state index contributed by atoms with van der Waals surface area (Å²) < 4.78 is 5.78. The molecule has 0 spiro atoms. The maximum atomic E-state index is 6.13. The van der Waals surface area contributed by atoms with E-state index in [1.807, 2.05) is 13.1 Å². The number of benzene rings is 1. The van der Waals surface area contributed by atoms with E-state index in [1.165, 1.54) is 11.3 Å². The van der Waals surface area contributed by atoms with Crippen LogP contribution in [0.25, 0.3) is 0 Å². The Morgan fingerprint density at radius 2 is 2.00 bits per heavy atom. The lowest BCUT2D eigenvalue weighted by molar-refractivity contribution is -0.00526. The normalized spacial score (nSPS) is 24.3. The van der Waals surface area contributed by atoms with Crippen molar-refractivity contribution < 1.29 is 4.74 Å². The van der Waals surface area contributed by atoms with Crippen LogP contribution >= 0.6 is 11.6 Å². The van der Waals surface area contributed by atoms with Crippen molar-refractivity contribution in [3.8, 4) is 0 Å². The van der Waals surface area contributed by atoms with Crippen molar-refractivity contribution in [1.82, 2.24) is 5.32 Å². The van der Waals surface area contributed by atoms with Gasteiger partial charge in [0.05, 0.1) is 12.2 Å². The fraction of sp³-hybridized carbons (Fsp3) is 0.571. The fourth-order valence-electron chi connectivity index (χ4n) is 2.55. The smallest absolute Gasteiger partial charge is 0.0726 e. The first kappa shape index (κ1) is 13.7. The molecule has 1 aromatic rings. The highest BCUT2D eigenvalue weighted by molar-refractivity contribution is 6.30. The molecule has 0 bridgehead atoms. The molecule has 3 nitrogen and oxygen atoms in total. The van der Waals surface area contributed by atoms with Gasteiger partial charge in [-0.25, -0.2) is 0 Å². The molecule has 0 radical (unpaired) electrons. The van der Waals surface area contributed by atoms with Gasteiger partial charge < -0.3 is 15.0 Å². The van der Waals surface area contributed by atoms with Crippen LogP contribution in [0, 0.1) is 0 Å². The average molecular weight is 269 g/mol. The summed E-state index contributed by atoms with van der Waals surface area (Å²) in [7, 11) is 1.96. The zero-order chi connectivity index (χ0) is 13.1. The van der Waals surface area contributed by atoms with Gasteiger partial charge in [-0.1, -0.05) is 17.7 Å². The number of hydrogen-bond acceptors (Lipinski definition) is 3. The number of rotatable bonds is 3. The van der Waals surface area contributed by atoms with Gasteiger partial charge in [-0.2, -0.15) is 0 Å². The van der Waals surface area contributed by atoms with Gasteiger partial charge in [-0.15, -0.1) is 0 Å². The molecule has 0 aliphatic carbocycles. The lowest BCUT2D eigenvalue weighted by Crippen LogP contribution is -2.46. The standard InChI is InChI=1S/C14H21ClN2O/c1-10-8-17(9-11(2)18-10)14-6-13(15)5-4-12(14)7-16-3/h4-6,10-11,16H,7-9H2,1-3H3/t10-,11+. The fourth-order valence-corrected chi connectivity index (χ4v) is 2.71. The van der Waals surface area contributed by atoms with Gasteiger partial charge in [0.15, 0.2) is 0 Å². The molecule has 2 atom stereocenters. The van der Waals surface area contributed by atoms with Crippen LogP contribution < -0.4 is 10.2 Å². The van der Waals surface area contributed by atoms with E-state index in [0.29, 0.717) is 0 Å². The molecule has 100 valence electrons. The van der Waals surface area contributed by atoms with Crippen molar-refractivity contribution in [2.45, 2.75) is 32.6 Å². The molecular weight excluding hydrogens is 248 g/mol. The third-order valence-corrected chi connectivity index (χ3v) is 3.41. The molecule has 0 saturated carbocycles. The van der Waals surface area contributed by atoms with Crippen molar-refractivity contribution >= 4 is 17.3 Å². The van der Waals surface area contributed by atoms with Gasteiger partial charge in [0.25, 0.3) is 0 Å². The van der Waals surface area contributed by atoms with Gasteiger partial charge >= 0.3 is 0 Å². The number of morpholine rings is 1. The highest BCUT2D eigenvalue weighted by atomic mass is 35.5. The Labute approximate surface area is 114 Å². The van der Waals surface area contributed by atoms with Crippen molar-refractivity contribution in [2.24, 2.45) is 0 Å². The molecule has 1 aromatic carbocycles. The van der Waals surface area contributed by atoms with E-state index in [0.717, 1.165) is 24.7 Å². The van der Waals surface area contributed by atoms with E-state index in [4.69, 9.17) is 16.3 Å². The topological polar surface area (TPSA) is 24.5 Å². The van der Waals surface area contributed by atoms with Crippen molar-refractivity contribution in [3.05, 3.63) is 28.8 Å². The second kappa shape index (κ2) is 5.91. The quantitative estimate of drug-likeness (QED) is 0.912. The van der Waals surface area contributed by atoms with Crippen molar-refractivity contribution in [1.29, 1.82) is 0 Å². The van der Waals surface area contributed by atoms with Crippen molar-refractivity contribution in [2.75, 3.05) is 25.0 Å². The first-order chi connectivity index (χ1) is 8.60. The minimum atomic E-state index is 0.259. The lowest BCUT2D eigenvalue weighted by atomic mass is 10.1. The molecule has 0 unspecified atom stereocenters.